The Kier molecular flexibility index (Phi) is 6.75. The number of hydrogen-bond donors (Lipinski definition) is 2. The van der Waals surface area contributed by atoms with E-state index in [1.54, 1.807) is 20.8 Å². The van der Waals surface area contributed by atoms with E-state index in [1.807, 2.05) is 30.3 Å². The number of aryl methyl sites for hydroxylation is 1. The topological polar surface area (TPSA) is 92.7 Å². The van der Waals surface area contributed by atoms with Crippen LogP contribution in [0.3, 0.4) is 0 Å². The normalized spacial score (nSPS) is 12.3. The van der Waals surface area contributed by atoms with Crippen LogP contribution in [0.15, 0.2) is 30.3 Å². The minimum Gasteiger partial charge on any atom is -0.481 e. The van der Waals surface area contributed by atoms with Gasteiger partial charge in [0.2, 0.25) is 5.91 Å². The third-order valence-electron chi connectivity index (χ3n) is 2.89. The van der Waals surface area contributed by atoms with E-state index < -0.39 is 30.0 Å². The molecule has 23 heavy (non-hydrogen) atoms. The molecule has 0 saturated carbocycles. The molecule has 126 valence electrons. The summed E-state index contributed by atoms with van der Waals surface area (Å²) < 4.78 is 5.15. The van der Waals surface area contributed by atoms with Gasteiger partial charge in [0, 0.05) is 6.42 Å². The fourth-order valence-corrected chi connectivity index (χ4v) is 1.91. The predicted octanol–water partition coefficient (Wildman–Crippen LogP) is 1.92. The first-order valence-corrected chi connectivity index (χ1v) is 7.45. The van der Waals surface area contributed by atoms with Crippen molar-refractivity contribution in [3.8, 4) is 0 Å². The molecule has 2 N–H and O–H groups in total. The zero-order valence-corrected chi connectivity index (χ0v) is 13.7. The molecule has 6 heteroatoms. The van der Waals surface area contributed by atoms with Crippen molar-refractivity contribution in [1.82, 2.24) is 5.32 Å². The lowest BCUT2D eigenvalue weighted by Gasteiger charge is -2.23. The van der Waals surface area contributed by atoms with E-state index in [1.165, 1.54) is 0 Å². The monoisotopic (exact) mass is 321 g/mol. The number of amides is 1. The quantitative estimate of drug-likeness (QED) is 0.749. The maximum absolute atomic E-state index is 12.0. The molecule has 1 aromatic rings. The minimum atomic E-state index is -1.19. The number of carbonyl (C=O) groups excluding carboxylic acids is 2. The van der Waals surface area contributed by atoms with Crippen LogP contribution in [0.1, 0.15) is 39.2 Å². The highest BCUT2D eigenvalue weighted by Crippen LogP contribution is 2.10. The lowest BCUT2D eigenvalue weighted by Crippen LogP contribution is -2.45. The van der Waals surface area contributed by atoms with Crippen LogP contribution in [0.25, 0.3) is 0 Å². The van der Waals surface area contributed by atoms with Gasteiger partial charge in [-0.2, -0.15) is 0 Å². The number of ether oxygens (including phenoxy) is 1. The molecule has 0 aromatic heterocycles. The number of esters is 1. The van der Waals surface area contributed by atoms with Gasteiger partial charge in [-0.15, -0.1) is 0 Å². The van der Waals surface area contributed by atoms with E-state index in [9.17, 15) is 14.4 Å². The molecule has 6 nitrogen and oxygen atoms in total. The highest BCUT2D eigenvalue weighted by Gasteiger charge is 2.28. The Morgan fingerprint density at radius 1 is 1.17 bits per heavy atom. The second-order valence-corrected chi connectivity index (χ2v) is 6.24. The molecule has 0 aliphatic carbocycles. The van der Waals surface area contributed by atoms with Crippen LogP contribution >= 0.6 is 0 Å². The summed E-state index contributed by atoms with van der Waals surface area (Å²) in [7, 11) is 0. The van der Waals surface area contributed by atoms with Gasteiger partial charge < -0.3 is 15.2 Å². The first-order valence-electron chi connectivity index (χ1n) is 7.45. The van der Waals surface area contributed by atoms with Gasteiger partial charge in [0.1, 0.15) is 11.6 Å². The molecule has 0 bridgehead atoms. The smallest absolute Gasteiger partial charge is 0.329 e. The molecule has 0 fully saturated rings. The highest BCUT2D eigenvalue weighted by atomic mass is 16.6. The van der Waals surface area contributed by atoms with Gasteiger partial charge in [-0.05, 0) is 32.8 Å². The van der Waals surface area contributed by atoms with E-state index in [0.717, 1.165) is 5.56 Å². The average molecular weight is 321 g/mol. The van der Waals surface area contributed by atoms with E-state index >= 15 is 0 Å². The van der Waals surface area contributed by atoms with Gasteiger partial charge in [0.15, 0.2) is 0 Å². The molecule has 0 saturated heterocycles. The van der Waals surface area contributed by atoms with E-state index in [0.29, 0.717) is 6.42 Å². The van der Waals surface area contributed by atoms with Crippen LogP contribution in [0.4, 0.5) is 0 Å². The lowest BCUT2D eigenvalue weighted by molar-refractivity contribution is -0.161. The Labute approximate surface area is 135 Å². The fraction of sp³-hybridized carbons (Fsp3) is 0.471. The number of aliphatic carboxylic acids is 1. The first kappa shape index (κ1) is 18.7. The van der Waals surface area contributed by atoms with Crippen LogP contribution in [-0.2, 0) is 25.5 Å². The Bertz CT molecular complexity index is 548. The van der Waals surface area contributed by atoms with Gasteiger partial charge in [-0.3, -0.25) is 9.59 Å². The summed E-state index contributed by atoms with van der Waals surface area (Å²) in [6.45, 7) is 5.04. The molecule has 0 spiro atoms. The van der Waals surface area contributed by atoms with Crippen LogP contribution < -0.4 is 5.32 Å². The number of carbonyl (C=O) groups is 3. The van der Waals surface area contributed by atoms with Crippen LogP contribution in [0, 0.1) is 0 Å². The molecule has 0 unspecified atom stereocenters. The molecule has 0 heterocycles. The third-order valence-corrected chi connectivity index (χ3v) is 2.89. The number of carboxylic acids is 1. The molecular formula is C17H23NO5. The Morgan fingerprint density at radius 3 is 2.30 bits per heavy atom. The lowest BCUT2D eigenvalue weighted by atomic mass is 10.1. The summed E-state index contributed by atoms with van der Waals surface area (Å²) in [6.07, 6.45) is 0.176. The van der Waals surface area contributed by atoms with Gasteiger partial charge in [0.05, 0.1) is 6.42 Å². The molecule has 0 aliphatic rings. The predicted molar refractivity (Wildman–Crippen MR) is 84.8 cm³/mol. The van der Waals surface area contributed by atoms with Crippen molar-refractivity contribution in [2.75, 3.05) is 0 Å². The van der Waals surface area contributed by atoms with E-state index in [-0.39, 0.29) is 12.3 Å². The molecule has 1 amide bonds. The summed E-state index contributed by atoms with van der Waals surface area (Å²) in [6, 6.07) is 8.25. The summed E-state index contributed by atoms with van der Waals surface area (Å²) in [4.78, 5) is 34.9. The largest absolute Gasteiger partial charge is 0.481 e. The van der Waals surface area contributed by atoms with Gasteiger partial charge >= 0.3 is 11.9 Å². The number of carboxylic acid groups (broad SMARTS) is 1. The molecule has 0 aliphatic heterocycles. The zero-order chi connectivity index (χ0) is 17.5. The number of benzene rings is 1. The van der Waals surface area contributed by atoms with Crippen molar-refractivity contribution in [1.29, 1.82) is 0 Å². The Balaban J connectivity index is 2.60. The maximum atomic E-state index is 12.0. The molecule has 1 aromatic carbocycles. The SMILES string of the molecule is CC(C)(C)OC(=O)[C@H](CC(=O)O)NC(=O)CCc1ccccc1. The highest BCUT2D eigenvalue weighted by molar-refractivity contribution is 5.87. The van der Waals surface area contributed by atoms with Crippen molar-refractivity contribution in [3.63, 3.8) is 0 Å². The van der Waals surface area contributed by atoms with Crippen LogP contribution in [0.5, 0.6) is 0 Å². The molecule has 0 radical (unpaired) electrons. The standard InChI is InChI=1S/C17H23NO5/c1-17(2,3)23-16(22)13(11-15(20)21)18-14(19)10-9-12-7-5-4-6-8-12/h4-8,13H,9-11H2,1-3H3,(H,18,19)(H,20,21)/t13-/m0/s1. The summed E-state index contributed by atoms with van der Waals surface area (Å²) in [5.74, 6) is -2.30. The Morgan fingerprint density at radius 2 is 1.78 bits per heavy atom. The minimum absolute atomic E-state index is 0.170. The van der Waals surface area contributed by atoms with Crippen LogP contribution in [-0.4, -0.2) is 34.6 Å². The van der Waals surface area contributed by atoms with Crippen LogP contribution in [0.2, 0.25) is 0 Å². The van der Waals surface area contributed by atoms with Crippen molar-refractivity contribution in [2.45, 2.75) is 51.7 Å². The molecule has 1 atom stereocenters. The van der Waals surface area contributed by atoms with E-state index in [2.05, 4.69) is 5.32 Å². The third kappa shape index (κ3) is 7.99. The number of hydrogen-bond acceptors (Lipinski definition) is 4. The maximum Gasteiger partial charge on any atom is 0.329 e. The van der Waals surface area contributed by atoms with Gasteiger partial charge in [-0.25, -0.2) is 4.79 Å². The summed E-state index contributed by atoms with van der Waals surface area (Å²) in [5.41, 5.74) is 0.248. The fourth-order valence-electron chi connectivity index (χ4n) is 1.91. The number of rotatable bonds is 7. The summed E-state index contributed by atoms with van der Waals surface area (Å²) in [5, 5.41) is 11.3. The van der Waals surface area contributed by atoms with Crippen molar-refractivity contribution >= 4 is 17.8 Å². The second kappa shape index (κ2) is 8.31. The Hall–Kier alpha value is -2.37. The van der Waals surface area contributed by atoms with Gasteiger partial charge in [-0.1, -0.05) is 30.3 Å². The van der Waals surface area contributed by atoms with Crippen molar-refractivity contribution in [3.05, 3.63) is 35.9 Å². The summed E-state index contributed by atoms with van der Waals surface area (Å²) >= 11 is 0. The van der Waals surface area contributed by atoms with Gasteiger partial charge in [0.25, 0.3) is 0 Å². The number of nitrogens with one attached hydrogen (secondary N) is 1. The first-order chi connectivity index (χ1) is 10.7. The van der Waals surface area contributed by atoms with E-state index in [4.69, 9.17) is 9.84 Å². The second-order valence-electron chi connectivity index (χ2n) is 6.24. The molecular weight excluding hydrogens is 298 g/mol. The zero-order valence-electron chi connectivity index (χ0n) is 13.7. The average Bonchev–Trinajstić information content (AvgIpc) is 2.43. The molecule has 1 rings (SSSR count). The van der Waals surface area contributed by atoms with Crippen molar-refractivity contribution < 1.29 is 24.2 Å². The van der Waals surface area contributed by atoms with Crippen molar-refractivity contribution in [2.24, 2.45) is 0 Å².